The van der Waals surface area contributed by atoms with Crippen LogP contribution in [0.2, 0.25) is 0 Å². The summed E-state index contributed by atoms with van der Waals surface area (Å²) >= 11 is 0. The van der Waals surface area contributed by atoms with Crippen LogP contribution in [0.5, 0.6) is 0 Å². The smallest absolute Gasteiger partial charge is 0.276 e. The molecule has 16 heavy (non-hydrogen) atoms. The number of aromatic amines is 1. The molecule has 2 aromatic heterocycles. The molecule has 0 bridgehead atoms. The maximum Gasteiger partial charge on any atom is 0.276 e. The van der Waals surface area contributed by atoms with Crippen molar-refractivity contribution < 1.29 is 0 Å². The number of H-pyrrole nitrogens is 1. The van der Waals surface area contributed by atoms with E-state index < -0.39 is 0 Å². The van der Waals surface area contributed by atoms with Gasteiger partial charge in [-0.1, -0.05) is 12.8 Å². The highest BCUT2D eigenvalue weighted by atomic mass is 16.1. The van der Waals surface area contributed by atoms with Crippen molar-refractivity contribution in [3.63, 3.8) is 0 Å². The summed E-state index contributed by atoms with van der Waals surface area (Å²) in [7, 11) is 1.80. The fourth-order valence-corrected chi connectivity index (χ4v) is 2.61. The van der Waals surface area contributed by atoms with E-state index in [1.54, 1.807) is 11.7 Å². The van der Waals surface area contributed by atoms with E-state index in [9.17, 15) is 4.79 Å². The summed E-state index contributed by atoms with van der Waals surface area (Å²) in [5.41, 5.74) is 2.26. The monoisotopic (exact) mass is 218 g/mol. The van der Waals surface area contributed by atoms with E-state index in [1.807, 2.05) is 0 Å². The molecule has 0 unspecified atom stereocenters. The average Bonchev–Trinajstić information content (AvgIpc) is 2.86. The minimum Gasteiger partial charge on any atom is -0.311 e. The fraction of sp³-hybridized carbons (Fsp3) is 0.545. The molecule has 1 aliphatic rings. The van der Waals surface area contributed by atoms with E-state index in [0.29, 0.717) is 11.4 Å². The topological polar surface area (TPSA) is 63.6 Å². The van der Waals surface area contributed by atoms with Crippen LogP contribution in [0.15, 0.2) is 11.1 Å². The Morgan fingerprint density at radius 3 is 2.94 bits per heavy atom. The Hall–Kier alpha value is -1.65. The number of nitrogens with zero attached hydrogens (tertiary/aromatic N) is 3. The van der Waals surface area contributed by atoms with E-state index in [0.717, 1.165) is 11.2 Å². The Morgan fingerprint density at radius 2 is 2.19 bits per heavy atom. The van der Waals surface area contributed by atoms with Crippen molar-refractivity contribution in [2.24, 2.45) is 7.05 Å². The highest BCUT2D eigenvalue weighted by Crippen LogP contribution is 2.35. The van der Waals surface area contributed by atoms with E-state index in [1.165, 1.54) is 32.0 Å². The Balaban J connectivity index is 2.26. The molecule has 2 aromatic rings. The first-order valence-electron chi connectivity index (χ1n) is 5.67. The largest absolute Gasteiger partial charge is 0.311 e. The maximum absolute atomic E-state index is 11.7. The Bertz CT molecular complexity index is 577. The zero-order chi connectivity index (χ0) is 11.1. The lowest BCUT2D eigenvalue weighted by molar-refractivity contribution is 0.664. The second kappa shape index (κ2) is 3.43. The second-order valence-corrected chi connectivity index (χ2v) is 4.42. The first kappa shape index (κ1) is 9.57. The summed E-state index contributed by atoms with van der Waals surface area (Å²) < 4.78 is 1.65. The third-order valence-electron chi connectivity index (χ3n) is 3.39. The van der Waals surface area contributed by atoms with Gasteiger partial charge in [-0.15, -0.1) is 0 Å². The van der Waals surface area contributed by atoms with Gasteiger partial charge < -0.3 is 4.98 Å². The van der Waals surface area contributed by atoms with E-state index in [2.05, 4.69) is 15.1 Å². The van der Waals surface area contributed by atoms with Gasteiger partial charge in [-0.2, -0.15) is 5.10 Å². The number of aromatic nitrogens is 4. The first-order valence-corrected chi connectivity index (χ1v) is 5.67. The molecule has 1 saturated carbocycles. The van der Waals surface area contributed by atoms with Gasteiger partial charge in [0.25, 0.3) is 5.56 Å². The zero-order valence-electron chi connectivity index (χ0n) is 9.23. The molecule has 0 radical (unpaired) electrons. The predicted octanol–water partition coefficient (Wildman–Crippen LogP) is 1.31. The molecule has 0 saturated heterocycles. The number of aryl methyl sites for hydroxylation is 1. The van der Waals surface area contributed by atoms with Crippen molar-refractivity contribution in [3.05, 3.63) is 22.4 Å². The number of hydrogen-bond donors (Lipinski definition) is 1. The van der Waals surface area contributed by atoms with Gasteiger partial charge in [0.15, 0.2) is 5.52 Å². The van der Waals surface area contributed by atoms with Gasteiger partial charge >= 0.3 is 0 Å². The van der Waals surface area contributed by atoms with E-state index in [4.69, 9.17) is 0 Å². The molecular formula is C11H14N4O. The average molecular weight is 218 g/mol. The molecule has 0 spiro atoms. The quantitative estimate of drug-likeness (QED) is 0.785. The van der Waals surface area contributed by atoms with Crippen LogP contribution in [0.25, 0.3) is 11.0 Å². The summed E-state index contributed by atoms with van der Waals surface area (Å²) in [6.07, 6.45) is 6.31. The van der Waals surface area contributed by atoms with Crippen molar-refractivity contribution in [1.29, 1.82) is 0 Å². The Kier molecular flexibility index (Phi) is 2.05. The van der Waals surface area contributed by atoms with Crippen LogP contribution in [-0.4, -0.2) is 19.7 Å². The second-order valence-electron chi connectivity index (χ2n) is 4.42. The molecule has 0 amide bonds. The standard InChI is InChI=1S/C11H14N4O/c1-15-10-9(12-6-13-11(10)16)8(14-15)7-4-2-3-5-7/h6-7H,2-5H2,1H3,(H,12,13,16). The van der Waals surface area contributed by atoms with Crippen LogP contribution in [-0.2, 0) is 7.05 Å². The number of hydrogen-bond acceptors (Lipinski definition) is 3. The van der Waals surface area contributed by atoms with Gasteiger partial charge in [-0.05, 0) is 12.8 Å². The van der Waals surface area contributed by atoms with Crippen LogP contribution in [0.1, 0.15) is 37.3 Å². The molecular weight excluding hydrogens is 204 g/mol. The van der Waals surface area contributed by atoms with Crippen LogP contribution < -0.4 is 5.56 Å². The van der Waals surface area contributed by atoms with E-state index >= 15 is 0 Å². The van der Waals surface area contributed by atoms with Crippen molar-refractivity contribution >= 4 is 11.0 Å². The van der Waals surface area contributed by atoms with E-state index in [-0.39, 0.29) is 5.56 Å². The lowest BCUT2D eigenvalue weighted by atomic mass is 10.0. The summed E-state index contributed by atoms with van der Waals surface area (Å²) in [5, 5.41) is 4.47. The zero-order valence-corrected chi connectivity index (χ0v) is 9.23. The number of nitrogens with one attached hydrogen (secondary N) is 1. The molecule has 2 heterocycles. The predicted molar refractivity (Wildman–Crippen MR) is 60.3 cm³/mol. The molecule has 84 valence electrons. The molecule has 0 atom stereocenters. The van der Waals surface area contributed by atoms with Gasteiger partial charge in [-0.3, -0.25) is 9.48 Å². The van der Waals surface area contributed by atoms with Gasteiger partial charge in [-0.25, -0.2) is 4.98 Å². The Labute approximate surface area is 92.5 Å². The molecule has 5 heteroatoms. The van der Waals surface area contributed by atoms with Gasteiger partial charge in [0.05, 0.1) is 12.0 Å². The minimum absolute atomic E-state index is 0.107. The minimum atomic E-state index is -0.107. The van der Waals surface area contributed by atoms with Gasteiger partial charge in [0.1, 0.15) is 5.52 Å². The van der Waals surface area contributed by atoms with Crippen molar-refractivity contribution in [3.8, 4) is 0 Å². The molecule has 1 N–H and O–H groups in total. The van der Waals surface area contributed by atoms with Crippen molar-refractivity contribution in [1.82, 2.24) is 19.7 Å². The lowest BCUT2D eigenvalue weighted by Crippen LogP contribution is -2.09. The Morgan fingerprint density at radius 1 is 1.44 bits per heavy atom. The highest BCUT2D eigenvalue weighted by molar-refractivity contribution is 5.76. The summed E-state index contributed by atoms with van der Waals surface area (Å²) in [4.78, 5) is 18.5. The lowest BCUT2D eigenvalue weighted by Gasteiger charge is -2.03. The SMILES string of the molecule is Cn1nc(C2CCCC2)c2nc[nH]c(=O)c21. The summed E-state index contributed by atoms with van der Waals surface area (Å²) in [6, 6.07) is 0. The molecule has 3 rings (SSSR count). The maximum atomic E-state index is 11.7. The van der Waals surface area contributed by atoms with Crippen molar-refractivity contribution in [2.75, 3.05) is 0 Å². The molecule has 1 fully saturated rings. The number of fused-ring (bicyclic) bond motifs is 1. The summed E-state index contributed by atoms with van der Waals surface area (Å²) in [6.45, 7) is 0. The summed E-state index contributed by atoms with van der Waals surface area (Å²) in [5.74, 6) is 0.484. The molecule has 0 aliphatic heterocycles. The molecule has 0 aromatic carbocycles. The fourth-order valence-electron chi connectivity index (χ4n) is 2.61. The molecule has 5 nitrogen and oxygen atoms in total. The van der Waals surface area contributed by atoms with Gasteiger partial charge in [0.2, 0.25) is 0 Å². The van der Waals surface area contributed by atoms with Crippen LogP contribution in [0.3, 0.4) is 0 Å². The first-order chi connectivity index (χ1) is 7.77. The number of rotatable bonds is 1. The third kappa shape index (κ3) is 1.27. The van der Waals surface area contributed by atoms with Crippen LogP contribution in [0, 0.1) is 0 Å². The van der Waals surface area contributed by atoms with Crippen LogP contribution in [0.4, 0.5) is 0 Å². The normalized spacial score (nSPS) is 17.3. The molecule has 1 aliphatic carbocycles. The van der Waals surface area contributed by atoms with Crippen molar-refractivity contribution in [2.45, 2.75) is 31.6 Å². The van der Waals surface area contributed by atoms with Crippen LogP contribution >= 0.6 is 0 Å². The van der Waals surface area contributed by atoms with Gasteiger partial charge in [0, 0.05) is 13.0 Å². The highest BCUT2D eigenvalue weighted by Gasteiger charge is 2.24. The third-order valence-corrected chi connectivity index (χ3v) is 3.39.